The average molecular weight is 407 g/mol. The molecule has 10 heteroatoms. The summed E-state index contributed by atoms with van der Waals surface area (Å²) in [6.07, 6.45) is 3.07. The van der Waals surface area contributed by atoms with E-state index in [1.165, 1.54) is 31.6 Å². The Morgan fingerprint density at radius 2 is 2.00 bits per heavy atom. The Morgan fingerprint density at radius 3 is 2.64 bits per heavy atom. The van der Waals surface area contributed by atoms with Crippen LogP contribution in [-0.4, -0.2) is 39.9 Å². The summed E-state index contributed by atoms with van der Waals surface area (Å²) in [5.41, 5.74) is 0.107. The molecule has 1 aromatic carbocycles. The summed E-state index contributed by atoms with van der Waals surface area (Å²) < 4.78 is 37.8. The Kier molecular flexibility index (Phi) is 6.00. The van der Waals surface area contributed by atoms with E-state index in [-0.39, 0.29) is 35.3 Å². The smallest absolute Gasteiger partial charge is 0.251 e. The molecule has 0 saturated heterocycles. The van der Waals surface area contributed by atoms with Crippen molar-refractivity contribution in [2.75, 3.05) is 13.7 Å². The number of methoxy groups -OCH3 is 1. The largest absolute Gasteiger partial charge is 0.495 e. The molecule has 1 aliphatic carbocycles. The van der Waals surface area contributed by atoms with E-state index in [9.17, 15) is 18.0 Å². The molecular formula is C18H21N3O6S. The second-order valence-corrected chi connectivity index (χ2v) is 7.98. The van der Waals surface area contributed by atoms with E-state index in [2.05, 4.69) is 15.4 Å². The van der Waals surface area contributed by atoms with Crippen LogP contribution in [0.1, 0.15) is 29.0 Å². The van der Waals surface area contributed by atoms with E-state index < -0.39 is 21.8 Å². The number of nitrogens with one attached hydrogen (secondary N) is 3. The first kappa shape index (κ1) is 19.9. The number of hydrogen-bond acceptors (Lipinski definition) is 6. The summed E-state index contributed by atoms with van der Waals surface area (Å²) in [4.78, 5) is 24.1. The SMILES string of the molecule is COc1ccc(C(=O)NCC(=O)NCc2ccco2)cc1S(=O)(=O)NC1CC1. The molecule has 1 fully saturated rings. The zero-order valence-corrected chi connectivity index (χ0v) is 16.0. The highest BCUT2D eigenvalue weighted by Gasteiger charge is 2.30. The number of carbonyl (C=O) groups is 2. The third-order valence-corrected chi connectivity index (χ3v) is 5.61. The highest BCUT2D eigenvalue weighted by atomic mass is 32.2. The number of rotatable bonds is 9. The summed E-state index contributed by atoms with van der Waals surface area (Å²) in [5, 5.41) is 5.06. The molecule has 0 atom stereocenters. The molecule has 150 valence electrons. The molecule has 2 amide bonds. The number of sulfonamides is 1. The van der Waals surface area contributed by atoms with Gasteiger partial charge in [-0.3, -0.25) is 9.59 Å². The van der Waals surface area contributed by atoms with Crippen LogP contribution in [0.4, 0.5) is 0 Å². The number of hydrogen-bond donors (Lipinski definition) is 3. The van der Waals surface area contributed by atoms with Crippen molar-refractivity contribution in [3.05, 3.63) is 47.9 Å². The maximum Gasteiger partial charge on any atom is 0.251 e. The second kappa shape index (κ2) is 8.44. The lowest BCUT2D eigenvalue weighted by atomic mass is 10.2. The summed E-state index contributed by atoms with van der Waals surface area (Å²) in [6.45, 7) is -0.0482. The number of amides is 2. The lowest BCUT2D eigenvalue weighted by Crippen LogP contribution is -2.36. The van der Waals surface area contributed by atoms with Gasteiger partial charge in [0, 0.05) is 11.6 Å². The van der Waals surface area contributed by atoms with Gasteiger partial charge < -0.3 is 19.8 Å². The predicted molar refractivity (Wildman–Crippen MR) is 99.2 cm³/mol. The van der Waals surface area contributed by atoms with Crippen LogP contribution in [-0.2, 0) is 21.4 Å². The fourth-order valence-electron chi connectivity index (χ4n) is 2.44. The first-order valence-corrected chi connectivity index (χ1v) is 10.1. The Bertz CT molecular complexity index is 952. The van der Waals surface area contributed by atoms with Crippen molar-refractivity contribution in [3.8, 4) is 5.75 Å². The van der Waals surface area contributed by atoms with Gasteiger partial charge in [-0.1, -0.05) is 0 Å². The van der Waals surface area contributed by atoms with Gasteiger partial charge >= 0.3 is 0 Å². The minimum absolute atomic E-state index is 0.0787. The molecule has 28 heavy (non-hydrogen) atoms. The van der Waals surface area contributed by atoms with E-state index in [0.29, 0.717) is 5.76 Å². The minimum atomic E-state index is -3.81. The molecule has 1 aromatic heterocycles. The van der Waals surface area contributed by atoms with Crippen LogP contribution in [0.3, 0.4) is 0 Å². The van der Waals surface area contributed by atoms with Crippen LogP contribution in [0.5, 0.6) is 5.75 Å². The Morgan fingerprint density at radius 1 is 1.21 bits per heavy atom. The standard InChI is InChI=1S/C18H21N3O6S/c1-26-15-7-4-12(9-16(15)28(24,25)21-13-5-6-13)18(23)20-11-17(22)19-10-14-3-2-8-27-14/h2-4,7-9,13,21H,5-6,10-11H2,1H3,(H,19,22)(H,20,23). The Hall–Kier alpha value is -2.85. The molecule has 1 aliphatic rings. The van der Waals surface area contributed by atoms with Gasteiger partial charge in [0.2, 0.25) is 15.9 Å². The number of ether oxygens (including phenoxy) is 1. The molecule has 0 unspecified atom stereocenters. The van der Waals surface area contributed by atoms with Crippen molar-refractivity contribution >= 4 is 21.8 Å². The summed E-state index contributed by atoms with van der Waals surface area (Å²) in [6, 6.07) is 7.42. The van der Waals surface area contributed by atoms with E-state index in [4.69, 9.17) is 9.15 Å². The van der Waals surface area contributed by atoms with Crippen molar-refractivity contribution in [1.82, 2.24) is 15.4 Å². The minimum Gasteiger partial charge on any atom is -0.495 e. The van der Waals surface area contributed by atoms with Gasteiger partial charge in [0.15, 0.2) is 0 Å². The predicted octanol–water partition coefficient (Wildman–Crippen LogP) is 0.775. The van der Waals surface area contributed by atoms with E-state index in [0.717, 1.165) is 12.8 Å². The van der Waals surface area contributed by atoms with Crippen LogP contribution < -0.4 is 20.1 Å². The van der Waals surface area contributed by atoms with Gasteiger partial charge in [0.1, 0.15) is 16.4 Å². The third-order valence-electron chi connectivity index (χ3n) is 4.06. The van der Waals surface area contributed by atoms with Crippen molar-refractivity contribution in [1.29, 1.82) is 0 Å². The maximum absolute atomic E-state index is 12.5. The number of benzene rings is 1. The van der Waals surface area contributed by atoms with Crippen molar-refractivity contribution in [2.45, 2.75) is 30.3 Å². The van der Waals surface area contributed by atoms with E-state index >= 15 is 0 Å². The average Bonchev–Trinajstić information content (AvgIpc) is 3.32. The third kappa shape index (κ3) is 5.11. The van der Waals surface area contributed by atoms with Crippen LogP contribution in [0.25, 0.3) is 0 Å². The van der Waals surface area contributed by atoms with Crippen LogP contribution in [0.2, 0.25) is 0 Å². The molecular weight excluding hydrogens is 386 g/mol. The molecule has 3 N–H and O–H groups in total. The lowest BCUT2D eigenvalue weighted by molar-refractivity contribution is -0.120. The first-order valence-electron chi connectivity index (χ1n) is 8.66. The monoisotopic (exact) mass is 407 g/mol. The molecule has 0 radical (unpaired) electrons. The Balaban J connectivity index is 1.62. The summed E-state index contributed by atoms with van der Waals surface area (Å²) in [7, 11) is -2.45. The van der Waals surface area contributed by atoms with Crippen molar-refractivity contribution in [2.24, 2.45) is 0 Å². The molecule has 0 bridgehead atoms. The Labute approximate surface area is 162 Å². The highest BCUT2D eigenvalue weighted by molar-refractivity contribution is 7.89. The quantitative estimate of drug-likeness (QED) is 0.564. The maximum atomic E-state index is 12.5. The molecule has 0 aliphatic heterocycles. The fourth-order valence-corrected chi connectivity index (χ4v) is 3.94. The molecule has 1 heterocycles. The van der Waals surface area contributed by atoms with Gasteiger partial charge in [-0.15, -0.1) is 0 Å². The van der Waals surface area contributed by atoms with Gasteiger partial charge in [-0.05, 0) is 43.2 Å². The van der Waals surface area contributed by atoms with Crippen molar-refractivity contribution in [3.63, 3.8) is 0 Å². The topological polar surface area (TPSA) is 127 Å². The van der Waals surface area contributed by atoms with Gasteiger partial charge in [0.05, 0.1) is 26.5 Å². The van der Waals surface area contributed by atoms with Gasteiger partial charge in [-0.2, -0.15) is 0 Å². The first-order chi connectivity index (χ1) is 13.4. The van der Waals surface area contributed by atoms with Crippen LogP contribution >= 0.6 is 0 Å². The molecule has 1 saturated carbocycles. The van der Waals surface area contributed by atoms with Gasteiger partial charge in [-0.25, -0.2) is 13.1 Å². The van der Waals surface area contributed by atoms with E-state index in [1.54, 1.807) is 12.1 Å². The summed E-state index contributed by atoms with van der Waals surface area (Å²) >= 11 is 0. The molecule has 3 rings (SSSR count). The molecule has 9 nitrogen and oxygen atoms in total. The summed E-state index contributed by atoms with van der Waals surface area (Å²) in [5.74, 6) is -0.242. The molecule has 2 aromatic rings. The van der Waals surface area contributed by atoms with E-state index in [1.807, 2.05) is 0 Å². The normalized spacial score (nSPS) is 13.8. The number of carbonyl (C=O) groups excluding carboxylic acids is 2. The fraction of sp³-hybridized carbons (Fsp3) is 0.333. The van der Waals surface area contributed by atoms with Gasteiger partial charge in [0.25, 0.3) is 5.91 Å². The van der Waals surface area contributed by atoms with Crippen molar-refractivity contribution < 1.29 is 27.2 Å². The zero-order valence-electron chi connectivity index (χ0n) is 15.2. The molecule has 0 spiro atoms. The number of furan rings is 1. The van der Waals surface area contributed by atoms with Crippen LogP contribution in [0, 0.1) is 0 Å². The highest BCUT2D eigenvalue weighted by Crippen LogP contribution is 2.28. The second-order valence-electron chi connectivity index (χ2n) is 6.30. The lowest BCUT2D eigenvalue weighted by Gasteiger charge is -2.12. The zero-order chi connectivity index (χ0) is 20.1. The van der Waals surface area contributed by atoms with Crippen LogP contribution in [0.15, 0.2) is 45.9 Å².